The Morgan fingerprint density at radius 1 is 0.930 bits per heavy atom. The summed E-state index contributed by atoms with van der Waals surface area (Å²) in [5.41, 5.74) is -8.14. The van der Waals surface area contributed by atoms with Gasteiger partial charge in [-0.15, -0.1) is 0 Å². The minimum atomic E-state index is -6.42. The molecule has 0 radical (unpaired) electrons. The Morgan fingerprint density at radius 2 is 1.53 bits per heavy atom. The van der Waals surface area contributed by atoms with Crippen LogP contribution in [0.1, 0.15) is 36.0 Å². The highest BCUT2D eigenvalue weighted by molar-refractivity contribution is 7.92. The molecule has 1 heterocycles. The van der Waals surface area contributed by atoms with E-state index in [1.165, 1.54) is 4.90 Å². The Balaban J connectivity index is 1.88. The first-order valence-corrected chi connectivity index (χ1v) is 14.2. The molecule has 1 aliphatic carbocycles. The number of nitrogens with zero attached hydrogens (tertiary/aromatic N) is 1. The molecule has 0 spiro atoms. The maximum absolute atomic E-state index is 14.9. The van der Waals surface area contributed by atoms with Crippen LogP contribution in [-0.2, 0) is 31.5 Å². The number of nitrogens with one attached hydrogen (secondary N) is 1. The van der Waals surface area contributed by atoms with Gasteiger partial charge in [-0.05, 0) is 61.1 Å². The Bertz CT molecular complexity index is 1460. The third kappa shape index (κ3) is 5.69. The Labute approximate surface area is 238 Å². The molecule has 5 nitrogen and oxygen atoms in total. The number of amides is 1. The predicted molar refractivity (Wildman–Crippen MR) is 129 cm³/mol. The number of carbonyl (C=O) groups excluding carboxylic acids is 1. The normalized spacial score (nSPS) is 22.1. The highest BCUT2D eigenvalue weighted by Gasteiger charge is 2.73. The zero-order valence-electron chi connectivity index (χ0n) is 21.8. The second kappa shape index (κ2) is 10.9. The van der Waals surface area contributed by atoms with Gasteiger partial charge in [0.1, 0.15) is 17.1 Å². The molecule has 0 aromatic heterocycles. The fourth-order valence-corrected chi connectivity index (χ4v) is 8.36. The van der Waals surface area contributed by atoms with Gasteiger partial charge in [0.15, 0.2) is 9.84 Å². The molecule has 1 aliphatic heterocycles. The number of benzene rings is 2. The molecule has 238 valence electrons. The first-order chi connectivity index (χ1) is 19.6. The molecule has 1 N–H and O–H groups in total. The van der Waals surface area contributed by atoms with Crippen molar-refractivity contribution in [3.63, 3.8) is 0 Å². The van der Waals surface area contributed by atoms with Crippen molar-refractivity contribution in [1.29, 1.82) is 0 Å². The molecule has 1 saturated heterocycles. The van der Waals surface area contributed by atoms with Gasteiger partial charge >= 0.3 is 24.2 Å². The van der Waals surface area contributed by atoms with Crippen LogP contribution in [0.2, 0.25) is 0 Å². The van der Waals surface area contributed by atoms with Gasteiger partial charge in [-0.25, -0.2) is 17.2 Å². The van der Waals surface area contributed by atoms with Crippen LogP contribution < -0.4 is 5.32 Å². The first-order valence-electron chi connectivity index (χ1n) is 12.7. The van der Waals surface area contributed by atoms with Crippen LogP contribution in [0.3, 0.4) is 0 Å². The van der Waals surface area contributed by atoms with Gasteiger partial charge < -0.3 is 5.32 Å². The average Bonchev–Trinajstić information content (AvgIpc) is 3.15. The van der Waals surface area contributed by atoms with Crippen molar-refractivity contribution in [1.82, 2.24) is 10.2 Å². The van der Waals surface area contributed by atoms with E-state index in [9.17, 15) is 61.5 Å². The fraction of sp³-hybridized carbons (Fsp3) is 0.500. The van der Waals surface area contributed by atoms with Crippen LogP contribution in [0.25, 0.3) is 0 Å². The zero-order chi connectivity index (χ0) is 32.2. The molecule has 17 heteroatoms. The minimum Gasteiger partial charge on any atom is -0.346 e. The summed E-state index contributed by atoms with van der Waals surface area (Å²) in [5, 5.41) is 1.67. The highest BCUT2D eigenvalue weighted by Crippen LogP contribution is 2.56. The van der Waals surface area contributed by atoms with Gasteiger partial charge in [0, 0.05) is 18.2 Å². The monoisotopic (exact) mass is 652 g/mol. The van der Waals surface area contributed by atoms with Crippen LogP contribution in [-0.4, -0.2) is 63.4 Å². The average molecular weight is 653 g/mol. The van der Waals surface area contributed by atoms with Gasteiger partial charge in [-0.3, -0.25) is 9.69 Å². The Morgan fingerprint density at radius 3 is 2.09 bits per heavy atom. The van der Waals surface area contributed by atoms with Crippen LogP contribution in [0, 0.1) is 5.82 Å². The molecule has 0 bridgehead atoms. The number of sulfone groups is 1. The highest BCUT2D eigenvalue weighted by atomic mass is 32.2. The second-order valence-corrected chi connectivity index (χ2v) is 12.6. The fourth-order valence-electron chi connectivity index (χ4n) is 5.97. The van der Waals surface area contributed by atoms with Crippen molar-refractivity contribution in [2.75, 3.05) is 19.6 Å². The molecule has 4 rings (SSSR count). The van der Waals surface area contributed by atoms with Crippen molar-refractivity contribution in [2.24, 2.45) is 0 Å². The smallest absolute Gasteiger partial charge is 0.346 e. The van der Waals surface area contributed by atoms with Crippen molar-refractivity contribution < 1.29 is 61.5 Å². The molecule has 1 amide bonds. The Kier molecular flexibility index (Phi) is 8.35. The third-order valence-corrected chi connectivity index (χ3v) is 10.4. The van der Waals surface area contributed by atoms with Crippen LogP contribution in [0.15, 0.2) is 47.4 Å². The summed E-state index contributed by atoms with van der Waals surface area (Å²) in [5.74, 6) is -1.92. The van der Waals surface area contributed by atoms with Crippen molar-refractivity contribution in [2.45, 2.75) is 65.6 Å². The maximum Gasteiger partial charge on any atom is 0.435 e. The van der Waals surface area contributed by atoms with E-state index in [0.29, 0.717) is 12.1 Å². The van der Waals surface area contributed by atoms with Gasteiger partial charge in [-0.1, -0.05) is 18.2 Å². The SMILES string of the molecule is O=C(CN1CC[C@]2(S(=O)(=O)c3ccc(F)cc3)c3ccc(C(F)(C(F)(F)F)C(F)(F)F)cc3CCC[C@H]12)NCC(F)(F)F. The van der Waals surface area contributed by atoms with E-state index in [0.717, 1.165) is 24.3 Å². The Hall–Kier alpha value is -2.95. The number of rotatable bonds is 6. The number of likely N-dealkylation sites (tertiary alicyclic amines) is 1. The number of hydrogen-bond donors (Lipinski definition) is 1. The maximum atomic E-state index is 14.9. The number of aryl methyl sites for hydroxylation is 1. The summed E-state index contributed by atoms with van der Waals surface area (Å²) in [6.45, 7) is -2.59. The standard InChI is InChI=1S/C26H23F11N2O3S/c27-17-5-7-18(8-6-17)43(41,42)22-10-11-39(13-21(40)38-14-23(28,29)30)20(22)3-1-2-15-12-16(4-9-19(15)22)24(31,25(32,33)34)26(35,36)37/h4-9,12,20H,1-3,10-11,13-14H2,(H,38,40)/t20-,22-/m0/s1. The number of halogens is 11. The molecule has 1 fully saturated rings. The molecular formula is C26H23F11N2O3S. The lowest BCUT2D eigenvalue weighted by atomic mass is 9.84. The van der Waals surface area contributed by atoms with Gasteiger partial charge in [0.25, 0.3) is 0 Å². The molecule has 2 aliphatic rings. The zero-order valence-corrected chi connectivity index (χ0v) is 22.6. The van der Waals surface area contributed by atoms with Crippen LogP contribution >= 0.6 is 0 Å². The molecule has 2 aromatic rings. The molecule has 43 heavy (non-hydrogen) atoms. The molecule has 2 aromatic carbocycles. The molecular weight excluding hydrogens is 629 g/mol. The van der Waals surface area contributed by atoms with Crippen LogP contribution in [0.4, 0.5) is 48.3 Å². The minimum absolute atomic E-state index is 0.0419. The van der Waals surface area contributed by atoms with Gasteiger partial charge in [-0.2, -0.15) is 39.5 Å². The van der Waals surface area contributed by atoms with Gasteiger partial charge in [0.2, 0.25) is 5.91 Å². The largest absolute Gasteiger partial charge is 0.435 e. The first kappa shape index (κ1) is 33.0. The lowest BCUT2D eigenvalue weighted by Gasteiger charge is -2.38. The van der Waals surface area contributed by atoms with E-state index in [1.54, 1.807) is 5.32 Å². The van der Waals surface area contributed by atoms with E-state index in [-0.39, 0.29) is 49.4 Å². The summed E-state index contributed by atoms with van der Waals surface area (Å²) in [6, 6.07) is 3.50. The van der Waals surface area contributed by atoms with E-state index < -0.39 is 80.1 Å². The molecule has 0 unspecified atom stereocenters. The van der Waals surface area contributed by atoms with Gasteiger partial charge in [0.05, 0.1) is 11.4 Å². The van der Waals surface area contributed by atoms with Crippen molar-refractivity contribution >= 4 is 15.7 Å². The summed E-state index contributed by atoms with van der Waals surface area (Å²) < 4.78 is 174. The number of hydrogen-bond acceptors (Lipinski definition) is 4. The molecule has 2 atom stereocenters. The third-order valence-electron chi connectivity index (χ3n) is 7.85. The van der Waals surface area contributed by atoms with Crippen LogP contribution in [0.5, 0.6) is 0 Å². The molecule has 0 saturated carbocycles. The summed E-state index contributed by atoms with van der Waals surface area (Å²) in [6.07, 6.45) is -18.4. The number of alkyl halides is 10. The number of carbonyl (C=O) groups is 1. The predicted octanol–water partition coefficient (Wildman–Crippen LogP) is 5.87. The van der Waals surface area contributed by atoms with E-state index >= 15 is 0 Å². The van der Waals surface area contributed by atoms with E-state index in [2.05, 4.69) is 0 Å². The van der Waals surface area contributed by atoms with E-state index in [4.69, 9.17) is 0 Å². The van der Waals surface area contributed by atoms with Crippen molar-refractivity contribution in [3.8, 4) is 0 Å². The topological polar surface area (TPSA) is 66.5 Å². The van der Waals surface area contributed by atoms with E-state index in [1.807, 2.05) is 0 Å². The summed E-state index contributed by atoms with van der Waals surface area (Å²) in [7, 11) is -4.68. The summed E-state index contributed by atoms with van der Waals surface area (Å²) >= 11 is 0. The van der Waals surface area contributed by atoms with Crippen molar-refractivity contribution in [3.05, 3.63) is 65.0 Å². The quantitative estimate of drug-likeness (QED) is 0.313. The second-order valence-electron chi connectivity index (χ2n) is 10.4. The lowest BCUT2D eigenvalue weighted by Crippen LogP contribution is -2.51. The number of fused-ring (bicyclic) bond motifs is 3. The lowest BCUT2D eigenvalue weighted by molar-refractivity contribution is -0.348. The summed E-state index contributed by atoms with van der Waals surface area (Å²) in [4.78, 5) is 13.2.